The minimum absolute atomic E-state index is 1.18. The standard InChI is InChI=1S/C16H22S2/c1-17-16(18-2)14-10-5-3-4-7-11-15-12-8-6-9-13-15/h6-9,11-14H,3-5,10H2,1-2H3/b11-7+. The molecule has 0 N–H and O–H groups in total. The van der Waals surface area contributed by atoms with Crippen LogP contribution in [0.25, 0.3) is 6.08 Å². The van der Waals surface area contributed by atoms with E-state index >= 15 is 0 Å². The van der Waals surface area contributed by atoms with Gasteiger partial charge in [0.05, 0.1) is 0 Å². The second-order valence-electron chi connectivity index (χ2n) is 4.03. The van der Waals surface area contributed by atoms with Gasteiger partial charge in [-0.05, 0) is 43.8 Å². The maximum atomic E-state index is 2.36. The zero-order chi connectivity index (χ0) is 13.1. The molecule has 98 valence electrons. The van der Waals surface area contributed by atoms with Gasteiger partial charge in [0.2, 0.25) is 0 Å². The van der Waals surface area contributed by atoms with Crippen LogP contribution in [0.3, 0.4) is 0 Å². The smallest absolute Gasteiger partial charge is 0.0355 e. The molecular formula is C16H22S2. The summed E-state index contributed by atoms with van der Waals surface area (Å²) in [6, 6.07) is 10.5. The van der Waals surface area contributed by atoms with E-state index in [9.17, 15) is 0 Å². The highest BCUT2D eigenvalue weighted by Crippen LogP contribution is 2.24. The zero-order valence-corrected chi connectivity index (χ0v) is 12.9. The maximum Gasteiger partial charge on any atom is 0.0355 e. The van der Waals surface area contributed by atoms with E-state index in [-0.39, 0.29) is 0 Å². The van der Waals surface area contributed by atoms with Crippen molar-refractivity contribution in [2.45, 2.75) is 25.7 Å². The molecule has 0 nitrogen and oxygen atoms in total. The lowest BCUT2D eigenvalue weighted by atomic mass is 10.1. The van der Waals surface area contributed by atoms with E-state index in [0.717, 1.165) is 0 Å². The fraction of sp³-hybridized carbons (Fsp3) is 0.375. The summed E-state index contributed by atoms with van der Waals surface area (Å²) in [5.41, 5.74) is 1.30. The van der Waals surface area contributed by atoms with Crippen molar-refractivity contribution in [1.29, 1.82) is 0 Å². The molecule has 0 saturated carbocycles. The van der Waals surface area contributed by atoms with Crippen LogP contribution in [0.15, 0.2) is 46.7 Å². The molecule has 1 rings (SSSR count). The Morgan fingerprint density at radius 2 is 1.67 bits per heavy atom. The number of hydrogen-bond donors (Lipinski definition) is 0. The van der Waals surface area contributed by atoms with Gasteiger partial charge in [-0.1, -0.05) is 48.6 Å². The fourth-order valence-corrected chi connectivity index (χ4v) is 2.90. The van der Waals surface area contributed by atoms with Crippen molar-refractivity contribution in [2.75, 3.05) is 12.5 Å². The molecule has 0 heterocycles. The SMILES string of the molecule is CSC(=CCCCC/C=C/c1ccccc1)SC. The lowest BCUT2D eigenvalue weighted by molar-refractivity contribution is 0.763. The summed E-state index contributed by atoms with van der Waals surface area (Å²) < 4.78 is 1.44. The predicted octanol–water partition coefficient (Wildman–Crippen LogP) is 5.83. The summed E-state index contributed by atoms with van der Waals surface area (Å²) in [6.45, 7) is 0. The average molecular weight is 278 g/mol. The third-order valence-corrected chi connectivity index (χ3v) is 4.79. The third-order valence-electron chi connectivity index (χ3n) is 2.65. The first-order valence-corrected chi connectivity index (χ1v) is 8.81. The van der Waals surface area contributed by atoms with Crippen molar-refractivity contribution in [1.82, 2.24) is 0 Å². The van der Waals surface area contributed by atoms with Crippen LogP contribution in [0.2, 0.25) is 0 Å². The Morgan fingerprint density at radius 3 is 2.33 bits per heavy atom. The van der Waals surface area contributed by atoms with Crippen LogP contribution in [0.5, 0.6) is 0 Å². The molecule has 18 heavy (non-hydrogen) atoms. The summed E-state index contributed by atoms with van der Waals surface area (Å²) in [6.07, 6.45) is 16.1. The molecule has 0 bridgehead atoms. The van der Waals surface area contributed by atoms with Gasteiger partial charge in [-0.25, -0.2) is 0 Å². The van der Waals surface area contributed by atoms with E-state index in [1.54, 1.807) is 0 Å². The molecule has 0 unspecified atom stereocenters. The van der Waals surface area contributed by atoms with Crippen molar-refractivity contribution in [3.63, 3.8) is 0 Å². The summed E-state index contributed by atoms with van der Waals surface area (Å²) in [5.74, 6) is 0. The molecule has 0 amide bonds. The quantitative estimate of drug-likeness (QED) is 0.549. The monoisotopic (exact) mass is 278 g/mol. The van der Waals surface area contributed by atoms with Gasteiger partial charge in [-0.15, -0.1) is 23.5 Å². The molecule has 0 atom stereocenters. The van der Waals surface area contributed by atoms with Crippen LogP contribution in [0.1, 0.15) is 31.2 Å². The van der Waals surface area contributed by atoms with Gasteiger partial charge in [0, 0.05) is 4.24 Å². The first kappa shape index (κ1) is 15.5. The minimum atomic E-state index is 1.18. The van der Waals surface area contributed by atoms with E-state index < -0.39 is 0 Å². The third kappa shape index (κ3) is 6.97. The van der Waals surface area contributed by atoms with Crippen molar-refractivity contribution in [2.24, 2.45) is 0 Å². The van der Waals surface area contributed by atoms with Crippen molar-refractivity contribution < 1.29 is 0 Å². The van der Waals surface area contributed by atoms with Gasteiger partial charge in [-0.3, -0.25) is 0 Å². The normalized spacial score (nSPS) is 10.8. The van der Waals surface area contributed by atoms with E-state index in [2.05, 4.69) is 61.1 Å². The lowest BCUT2D eigenvalue weighted by Gasteiger charge is -1.99. The maximum absolute atomic E-state index is 2.36. The Hall–Kier alpha value is -0.600. The molecule has 0 radical (unpaired) electrons. The number of hydrogen-bond acceptors (Lipinski definition) is 2. The lowest BCUT2D eigenvalue weighted by Crippen LogP contribution is -1.75. The Morgan fingerprint density at radius 1 is 1.00 bits per heavy atom. The molecule has 0 saturated heterocycles. The Bertz CT molecular complexity index is 360. The van der Waals surface area contributed by atoms with Crippen LogP contribution in [0, 0.1) is 0 Å². The first-order chi connectivity index (χ1) is 8.86. The van der Waals surface area contributed by atoms with Crippen LogP contribution in [-0.2, 0) is 0 Å². The summed E-state index contributed by atoms with van der Waals surface area (Å²) in [7, 11) is 0. The largest absolute Gasteiger partial charge is 0.123 e. The number of benzene rings is 1. The number of allylic oxidation sites excluding steroid dienone is 2. The van der Waals surface area contributed by atoms with E-state index in [4.69, 9.17) is 0 Å². The van der Waals surface area contributed by atoms with Crippen LogP contribution >= 0.6 is 23.5 Å². The van der Waals surface area contributed by atoms with Gasteiger partial charge in [0.1, 0.15) is 0 Å². The average Bonchev–Trinajstić information content (AvgIpc) is 2.43. The van der Waals surface area contributed by atoms with Crippen LogP contribution in [-0.4, -0.2) is 12.5 Å². The van der Waals surface area contributed by atoms with E-state index in [1.165, 1.54) is 35.5 Å². The minimum Gasteiger partial charge on any atom is -0.123 e. The molecule has 0 spiro atoms. The molecule has 0 fully saturated rings. The number of unbranched alkanes of at least 4 members (excludes halogenated alkanes) is 3. The number of thioether (sulfide) groups is 2. The Kier molecular flexibility index (Phi) is 8.87. The van der Waals surface area contributed by atoms with Gasteiger partial charge in [0.25, 0.3) is 0 Å². The topological polar surface area (TPSA) is 0 Å². The predicted molar refractivity (Wildman–Crippen MR) is 89.1 cm³/mol. The van der Waals surface area contributed by atoms with Crippen LogP contribution in [0.4, 0.5) is 0 Å². The summed E-state index contributed by atoms with van der Waals surface area (Å²) >= 11 is 3.69. The highest BCUT2D eigenvalue weighted by molar-refractivity contribution is 8.21. The Balaban J connectivity index is 2.12. The fourth-order valence-electron chi connectivity index (χ4n) is 1.66. The molecule has 0 aliphatic carbocycles. The molecule has 1 aromatic rings. The summed E-state index contributed by atoms with van der Waals surface area (Å²) in [4.78, 5) is 0. The Labute approximate surface area is 120 Å². The molecule has 0 aliphatic rings. The molecule has 2 heteroatoms. The zero-order valence-electron chi connectivity index (χ0n) is 11.3. The summed E-state index contributed by atoms with van der Waals surface area (Å²) in [5, 5.41) is 0. The van der Waals surface area contributed by atoms with Crippen molar-refractivity contribution in [3.05, 3.63) is 52.3 Å². The first-order valence-electron chi connectivity index (χ1n) is 6.36. The molecule has 0 aromatic heterocycles. The highest BCUT2D eigenvalue weighted by Gasteiger charge is 1.91. The second-order valence-corrected chi connectivity index (χ2v) is 5.98. The van der Waals surface area contributed by atoms with Gasteiger partial charge >= 0.3 is 0 Å². The van der Waals surface area contributed by atoms with Gasteiger partial charge < -0.3 is 0 Å². The second kappa shape index (κ2) is 10.3. The van der Waals surface area contributed by atoms with Crippen LogP contribution < -0.4 is 0 Å². The van der Waals surface area contributed by atoms with Gasteiger partial charge in [0.15, 0.2) is 0 Å². The molecular weight excluding hydrogens is 256 g/mol. The molecule has 0 aliphatic heterocycles. The van der Waals surface area contributed by atoms with Crippen molar-refractivity contribution in [3.8, 4) is 0 Å². The molecule has 1 aromatic carbocycles. The number of rotatable bonds is 8. The van der Waals surface area contributed by atoms with E-state index in [1.807, 2.05) is 23.5 Å². The highest BCUT2D eigenvalue weighted by atomic mass is 32.2. The van der Waals surface area contributed by atoms with Crippen molar-refractivity contribution >= 4 is 29.6 Å². The van der Waals surface area contributed by atoms with Gasteiger partial charge in [-0.2, -0.15) is 0 Å². The van der Waals surface area contributed by atoms with E-state index in [0.29, 0.717) is 0 Å².